The second-order valence-corrected chi connectivity index (χ2v) is 6.22. The SMILES string of the molecule is CCOc1nnc2c(n1)OC(c1cccnc1)Nc1ccc(Br)cc1-2. The average Bonchev–Trinajstić information content (AvgIpc) is 2.79. The fraction of sp³-hybridized carbons (Fsp3) is 0.176. The van der Waals surface area contributed by atoms with Crippen molar-refractivity contribution in [3.05, 3.63) is 52.8 Å². The van der Waals surface area contributed by atoms with Crippen LogP contribution in [0.5, 0.6) is 11.9 Å². The summed E-state index contributed by atoms with van der Waals surface area (Å²) in [6.45, 7) is 2.31. The van der Waals surface area contributed by atoms with Crippen molar-refractivity contribution in [3.63, 3.8) is 0 Å². The number of hydrogen-bond donors (Lipinski definition) is 1. The predicted octanol–water partition coefficient (Wildman–Crippen LogP) is 3.60. The molecule has 8 heteroatoms. The summed E-state index contributed by atoms with van der Waals surface area (Å²) in [4.78, 5) is 8.54. The quantitative estimate of drug-likeness (QED) is 0.720. The van der Waals surface area contributed by atoms with Crippen LogP contribution in [0, 0.1) is 0 Å². The third kappa shape index (κ3) is 3.12. The minimum atomic E-state index is -0.457. The Hall–Kier alpha value is -2.74. The van der Waals surface area contributed by atoms with E-state index < -0.39 is 6.23 Å². The summed E-state index contributed by atoms with van der Waals surface area (Å²) in [6.07, 6.45) is 3.01. The molecule has 0 amide bonds. The van der Waals surface area contributed by atoms with Gasteiger partial charge >= 0.3 is 6.01 Å². The Bertz CT molecular complexity index is 907. The van der Waals surface area contributed by atoms with Gasteiger partial charge in [0.25, 0.3) is 0 Å². The van der Waals surface area contributed by atoms with E-state index in [0.717, 1.165) is 21.3 Å². The second-order valence-electron chi connectivity index (χ2n) is 5.30. The summed E-state index contributed by atoms with van der Waals surface area (Å²) >= 11 is 3.50. The van der Waals surface area contributed by atoms with Gasteiger partial charge in [0.2, 0.25) is 5.88 Å². The van der Waals surface area contributed by atoms with Crippen LogP contribution < -0.4 is 14.8 Å². The van der Waals surface area contributed by atoms with E-state index in [4.69, 9.17) is 9.47 Å². The molecule has 2 aromatic heterocycles. The number of nitrogens with one attached hydrogen (secondary N) is 1. The molecular formula is C17H14BrN5O2. The molecule has 1 N–H and O–H groups in total. The molecule has 0 aliphatic carbocycles. The van der Waals surface area contributed by atoms with Crippen LogP contribution in [0.4, 0.5) is 5.69 Å². The first-order chi connectivity index (χ1) is 12.2. The van der Waals surface area contributed by atoms with Gasteiger partial charge in [-0.05, 0) is 31.2 Å². The van der Waals surface area contributed by atoms with Gasteiger partial charge in [0, 0.05) is 33.7 Å². The fourth-order valence-electron chi connectivity index (χ4n) is 2.54. The molecule has 0 saturated heterocycles. The summed E-state index contributed by atoms with van der Waals surface area (Å²) in [7, 11) is 0. The lowest BCUT2D eigenvalue weighted by atomic mass is 10.1. The van der Waals surface area contributed by atoms with E-state index in [1.165, 1.54) is 0 Å². The third-order valence-electron chi connectivity index (χ3n) is 3.65. The zero-order valence-electron chi connectivity index (χ0n) is 13.3. The van der Waals surface area contributed by atoms with Crippen molar-refractivity contribution in [1.82, 2.24) is 20.2 Å². The summed E-state index contributed by atoms with van der Waals surface area (Å²) in [5.41, 5.74) is 3.15. The third-order valence-corrected chi connectivity index (χ3v) is 4.14. The Morgan fingerprint density at radius 3 is 3.00 bits per heavy atom. The Kier molecular flexibility index (Phi) is 4.19. The highest BCUT2D eigenvalue weighted by Gasteiger charge is 2.26. The molecule has 1 aliphatic heterocycles. The predicted molar refractivity (Wildman–Crippen MR) is 95.4 cm³/mol. The van der Waals surface area contributed by atoms with Crippen LogP contribution in [0.1, 0.15) is 18.7 Å². The monoisotopic (exact) mass is 399 g/mol. The number of anilines is 1. The van der Waals surface area contributed by atoms with Crippen LogP contribution >= 0.6 is 15.9 Å². The van der Waals surface area contributed by atoms with Crippen molar-refractivity contribution in [2.45, 2.75) is 13.2 Å². The zero-order valence-corrected chi connectivity index (χ0v) is 14.9. The van der Waals surface area contributed by atoms with Crippen molar-refractivity contribution in [2.75, 3.05) is 11.9 Å². The van der Waals surface area contributed by atoms with Crippen molar-refractivity contribution in [3.8, 4) is 23.1 Å². The lowest BCUT2D eigenvalue weighted by Gasteiger charge is -2.18. The second kappa shape index (κ2) is 6.64. The Balaban J connectivity index is 1.86. The molecule has 1 aromatic carbocycles. The van der Waals surface area contributed by atoms with Crippen molar-refractivity contribution in [1.29, 1.82) is 0 Å². The molecule has 4 rings (SSSR count). The van der Waals surface area contributed by atoms with Gasteiger partial charge in [0.15, 0.2) is 11.9 Å². The van der Waals surface area contributed by atoms with Gasteiger partial charge in [-0.2, -0.15) is 4.98 Å². The molecule has 1 unspecified atom stereocenters. The van der Waals surface area contributed by atoms with Crippen LogP contribution in [-0.2, 0) is 0 Å². The van der Waals surface area contributed by atoms with E-state index in [-0.39, 0.29) is 6.01 Å². The molecule has 3 heterocycles. The van der Waals surface area contributed by atoms with Crippen LogP contribution in [0.2, 0.25) is 0 Å². The fourth-order valence-corrected chi connectivity index (χ4v) is 2.90. The highest BCUT2D eigenvalue weighted by molar-refractivity contribution is 9.10. The maximum atomic E-state index is 6.09. The van der Waals surface area contributed by atoms with E-state index in [9.17, 15) is 0 Å². The lowest BCUT2D eigenvalue weighted by molar-refractivity contribution is 0.219. The van der Waals surface area contributed by atoms with E-state index >= 15 is 0 Å². The molecule has 1 atom stereocenters. The Morgan fingerprint density at radius 2 is 2.20 bits per heavy atom. The zero-order chi connectivity index (χ0) is 17.2. The Labute approximate surface area is 152 Å². The van der Waals surface area contributed by atoms with Gasteiger partial charge in [-0.15, -0.1) is 5.10 Å². The minimum Gasteiger partial charge on any atom is -0.463 e. The van der Waals surface area contributed by atoms with Gasteiger partial charge in [0.05, 0.1) is 6.61 Å². The normalized spacial score (nSPS) is 15.2. The minimum absolute atomic E-state index is 0.185. The van der Waals surface area contributed by atoms with Crippen molar-refractivity contribution < 1.29 is 9.47 Å². The topological polar surface area (TPSA) is 82.1 Å². The van der Waals surface area contributed by atoms with Gasteiger partial charge in [-0.1, -0.05) is 27.1 Å². The number of hydrogen-bond acceptors (Lipinski definition) is 7. The van der Waals surface area contributed by atoms with Gasteiger partial charge in [0.1, 0.15) is 0 Å². The maximum absolute atomic E-state index is 6.09. The van der Waals surface area contributed by atoms with Crippen LogP contribution in [0.15, 0.2) is 47.2 Å². The number of benzene rings is 1. The lowest BCUT2D eigenvalue weighted by Crippen LogP contribution is -2.17. The van der Waals surface area contributed by atoms with Crippen molar-refractivity contribution in [2.24, 2.45) is 0 Å². The summed E-state index contributed by atoms with van der Waals surface area (Å²) in [5.74, 6) is 0.358. The number of ether oxygens (including phenoxy) is 2. The molecule has 0 radical (unpaired) electrons. The Morgan fingerprint density at radius 1 is 1.28 bits per heavy atom. The molecule has 0 fully saturated rings. The van der Waals surface area contributed by atoms with Crippen LogP contribution in [-0.4, -0.2) is 26.8 Å². The van der Waals surface area contributed by atoms with E-state index in [2.05, 4.69) is 41.4 Å². The number of nitrogens with zero attached hydrogens (tertiary/aromatic N) is 4. The first-order valence-electron chi connectivity index (χ1n) is 7.75. The summed E-state index contributed by atoms with van der Waals surface area (Å²) in [6, 6.07) is 9.84. The molecule has 0 bridgehead atoms. The standard InChI is InChI=1S/C17H14BrN5O2/c1-2-24-17-21-16-14(22-23-17)12-8-11(18)5-6-13(12)20-15(25-16)10-4-3-7-19-9-10/h3-9,15,20H,2H2,1H3. The van der Waals surface area contributed by atoms with Crippen molar-refractivity contribution >= 4 is 21.6 Å². The molecule has 0 spiro atoms. The largest absolute Gasteiger partial charge is 0.463 e. The molecule has 1 aliphatic rings. The molecule has 7 nitrogen and oxygen atoms in total. The number of aromatic nitrogens is 4. The average molecular weight is 400 g/mol. The number of pyridine rings is 1. The molecular weight excluding hydrogens is 386 g/mol. The molecule has 25 heavy (non-hydrogen) atoms. The molecule has 3 aromatic rings. The molecule has 0 saturated carbocycles. The molecule has 126 valence electrons. The van der Waals surface area contributed by atoms with E-state index in [1.54, 1.807) is 12.4 Å². The number of rotatable bonds is 3. The van der Waals surface area contributed by atoms with Gasteiger partial charge in [-0.25, -0.2) is 0 Å². The van der Waals surface area contributed by atoms with E-state index in [0.29, 0.717) is 18.2 Å². The van der Waals surface area contributed by atoms with Gasteiger partial charge in [-0.3, -0.25) is 4.98 Å². The highest BCUT2D eigenvalue weighted by atomic mass is 79.9. The summed E-state index contributed by atoms with van der Waals surface area (Å²) < 4.78 is 12.4. The smallest absolute Gasteiger partial charge is 0.339 e. The number of halogens is 1. The van der Waals surface area contributed by atoms with Crippen LogP contribution in [0.25, 0.3) is 11.3 Å². The first kappa shape index (κ1) is 15.8. The van der Waals surface area contributed by atoms with E-state index in [1.807, 2.05) is 37.3 Å². The van der Waals surface area contributed by atoms with Crippen LogP contribution in [0.3, 0.4) is 0 Å². The van der Waals surface area contributed by atoms with Gasteiger partial charge < -0.3 is 14.8 Å². The first-order valence-corrected chi connectivity index (χ1v) is 8.54. The summed E-state index contributed by atoms with van der Waals surface area (Å²) in [5, 5.41) is 11.7. The number of fused-ring (bicyclic) bond motifs is 3. The maximum Gasteiger partial charge on any atom is 0.339 e. The highest BCUT2D eigenvalue weighted by Crippen LogP contribution is 2.40.